The zero-order valence-corrected chi connectivity index (χ0v) is 8.62. The molecule has 2 rings (SSSR count). The number of benzene rings is 1. The normalized spacial score (nSPS) is 10.2. The third-order valence-electron chi connectivity index (χ3n) is 1.55. The van der Waals surface area contributed by atoms with Crippen LogP contribution in [-0.2, 0) is 0 Å². The minimum Gasteiger partial charge on any atom is -0.226 e. The van der Waals surface area contributed by atoms with Crippen LogP contribution in [0.25, 0.3) is 10.2 Å². The van der Waals surface area contributed by atoms with Crippen molar-refractivity contribution in [3.63, 3.8) is 0 Å². The number of halogens is 2. The molecule has 0 radical (unpaired) electrons. The van der Waals surface area contributed by atoms with Crippen LogP contribution in [0.2, 0.25) is 0 Å². The minimum atomic E-state index is -0.448. The lowest BCUT2D eigenvalue weighted by Gasteiger charge is -1.90. The fourth-order valence-corrected chi connectivity index (χ4v) is 2.47. The van der Waals surface area contributed by atoms with Crippen molar-refractivity contribution in [3.8, 4) is 6.07 Å². The lowest BCUT2D eigenvalue weighted by atomic mass is 10.2. The Morgan fingerprint density at radius 3 is 3.00 bits per heavy atom. The molecule has 0 aliphatic heterocycles. The van der Waals surface area contributed by atoms with Crippen LogP contribution in [-0.4, -0.2) is 4.98 Å². The van der Waals surface area contributed by atoms with Crippen LogP contribution >= 0.6 is 27.3 Å². The molecule has 2 nitrogen and oxygen atoms in total. The molecule has 0 saturated carbocycles. The Kier molecular flexibility index (Phi) is 2.02. The second kappa shape index (κ2) is 3.05. The maximum absolute atomic E-state index is 13.2. The van der Waals surface area contributed by atoms with E-state index in [-0.39, 0.29) is 0 Å². The molecule has 0 aliphatic rings. The van der Waals surface area contributed by atoms with E-state index in [1.165, 1.54) is 17.4 Å². The lowest BCUT2D eigenvalue weighted by Crippen LogP contribution is -1.80. The van der Waals surface area contributed by atoms with E-state index in [0.29, 0.717) is 19.7 Å². The van der Waals surface area contributed by atoms with Gasteiger partial charge in [-0.2, -0.15) is 5.26 Å². The van der Waals surface area contributed by atoms with Gasteiger partial charge < -0.3 is 0 Å². The number of hydrogen-bond donors (Lipinski definition) is 0. The van der Waals surface area contributed by atoms with Crippen LogP contribution < -0.4 is 0 Å². The second-order valence-electron chi connectivity index (χ2n) is 2.38. The fraction of sp³-hybridized carbons (Fsp3) is 0. The van der Waals surface area contributed by atoms with Crippen molar-refractivity contribution in [2.24, 2.45) is 0 Å². The van der Waals surface area contributed by atoms with Crippen molar-refractivity contribution in [2.45, 2.75) is 0 Å². The van der Waals surface area contributed by atoms with Gasteiger partial charge in [0.05, 0.1) is 16.3 Å². The van der Waals surface area contributed by atoms with Gasteiger partial charge in [-0.1, -0.05) is 0 Å². The van der Waals surface area contributed by atoms with Crippen molar-refractivity contribution in [1.82, 2.24) is 4.98 Å². The standard InChI is InChI=1S/C8H2BrFN2S/c9-8-12-7-5(10)1-4(3-11)2-6(7)13-8/h1-2H. The molecular weight excluding hydrogens is 255 g/mol. The van der Waals surface area contributed by atoms with Gasteiger partial charge in [0, 0.05) is 0 Å². The zero-order chi connectivity index (χ0) is 9.42. The van der Waals surface area contributed by atoms with Crippen LogP contribution in [0.5, 0.6) is 0 Å². The summed E-state index contributed by atoms with van der Waals surface area (Å²) in [6.07, 6.45) is 0. The highest BCUT2D eigenvalue weighted by atomic mass is 79.9. The summed E-state index contributed by atoms with van der Waals surface area (Å²) in [5, 5.41) is 8.58. The molecule has 64 valence electrons. The van der Waals surface area contributed by atoms with Crippen LogP contribution in [0, 0.1) is 17.1 Å². The van der Waals surface area contributed by atoms with Crippen molar-refractivity contribution < 1.29 is 4.39 Å². The number of hydrogen-bond acceptors (Lipinski definition) is 3. The van der Waals surface area contributed by atoms with Gasteiger partial charge in [0.1, 0.15) is 5.52 Å². The van der Waals surface area contributed by atoms with E-state index in [4.69, 9.17) is 5.26 Å². The highest BCUT2D eigenvalue weighted by Crippen LogP contribution is 2.28. The Labute approximate surface area is 85.8 Å². The van der Waals surface area contributed by atoms with Crippen molar-refractivity contribution in [3.05, 3.63) is 27.4 Å². The third kappa shape index (κ3) is 1.43. The molecule has 2 aromatic rings. The average Bonchev–Trinajstić information content (AvgIpc) is 2.46. The van der Waals surface area contributed by atoms with Gasteiger partial charge >= 0.3 is 0 Å². The Balaban J connectivity index is 2.85. The first-order valence-corrected chi connectivity index (χ1v) is 4.97. The highest BCUT2D eigenvalue weighted by Gasteiger charge is 2.08. The van der Waals surface area contributed by atoms with E-state index < -0.39 is 5.82 Å². The topological polar surface area (TPSA) is 36.7 Å². The number of aromatic nitrogens is 1. The molecule has 13 heavy (non-hydrogen) atoms. The van der Waals surface area contributed by atoms with E-state index >= 15 is 0 Å². The Morgan fingerprint density at radius 1 is 1.54 bits per heavy atom. The molecular formula is C8H2BrFN2S. The van der Waals surface area contributed by atoms with E-state index in [2.05, 4.69) is 20.9 Å². The maximum Gasteiger partial charge on any atom is 0.160 e. The summed E-state index contributed by atoms with van der Waals surface area (Å²) in [6, 6.07) is 4.71. The van der Waals surface area contributed by atoms with Gasteiger partial charge in [0.2, 0.25) is 0 Å². The van der Waals surface area contributed by atoms with Gasteiger partial charge in [-0.05, 0) is 28.1 Å². The first kappa shape index (κ1) is 8.60. The van der Waals surface area contributed by atoms with E-state index in [9.17, 15) is 4.39 Å². The number of nitriles is 1. The molecule has 0 bridgehead atoms. The maximum atomic E-state index is 13.2. The summed E-state index contributed by atoms with van der Waals surface area (Å²) >= 11 is 4.47. The van der Waals surface area contributed by atoms with Gasteiger partial charge in [-0.3, -0.25) is 0 Å². The monoisotopic (exact) mass is 256 g/mol. The van der Waals surface area contributed by atoms with Crippen molar-refractivity contribution >= 4 is 37.5 Å². The summed E-state index contributed by atoms with van der Waals surface area (Å²) < 4.78 is 14.5. The zero-order valence-electron chi connectivity index (χ0n) is 6.21. The first-order chi connectivity index (χ1) is 6.20. The Morgan fingerprint density at radius 2 is 2.31 bits per heavy atom. The van der Waals surface area contributed by atoms with E-state index in [1.54, 1.807) is 6.07 Å². The lowest BCUT2D eigenvalue weighted by molar-refractivity contribution is 0.637. The molecule has 0 N–H and O–H groups in total. The summed E-state index contributed by atoms with van der Waals surface area (Å²) in [4.78, 5) is 3.94. The first-order valence-electron chi connectivity index (χ1n) is 3.36. The summed E-state index contributed by atoms with van der Waals surface area (Å²) in [6.45, 7) is 0. The molecule has 1 heterocycles. The number of nitrogens with zero attached hydrogens (tertiary/aromatic N) is 2. The predicted octanol–water partition coefficient (Wildman–Crippen LogP) is 3.07. The van der Waals surface area contributed by atoms with Crippen LogP contribution in [0.15, 0.2) is 16.0 Å². The smallest absolute Gasteiger partial charge is 0.160 e. The molecule has 0 fully saturated rings. The molecule has 1 aromatic heterocycles. The molecule has 1 aromatic carbocycles. The molecule has 5 heteroatoms. The number of rotatable bonds is 0. The molecule has 0 spiro atoms. The SMILES string of the molecule is N#Cc1cc(F)c2nc(Br)sc2c1. The fourth-order valence-electron chi connectivity index (χ4n) is 1.03. The van der Waals surface area contributed by atoms with Crippen molar-refractivity contribution in [2.75, 3.05) is 0 Å². The van der Waals surface area contributed by atoms with Gasteiger partial charge in [-0.15, -0.1) is 11.3 Å². The molecule has 0 atom stereocenters. The largest absolute Gasteiger partial charge is 0.226 e. The van der Waals surface area contributed by atoms with Crippen LogP contribution in [0.4, 0.5) is 4.39 Å². The number of fused-ring (bicyclic) bond motifs is 1. The van der Waals surface area contributed by atoms with Crippen LogP contribution in [0.3, 0.4) is 0 Å². The third-order valence-corrected chi connectivity index (χ3v) is 3.01. The van der Waals surface area contributed by atoms with Crippen LogP contribution in [0.1, 0.15) is 5.56 Å². The van der Waals surface area contributed by atoms with E-state index in [1.807, 2.05) is 6.07 Å². The Bertz CT molecular complexity index is 515. The Hall–Kier alpha value is -0.990. The van der Waals surface area contributed by atoms with Gasteiger partial charge in [0.25, 0.3) is 0 Å². The van der Waals surface area contributed by atoms with E-state index in [0.717, 1.165) is 0 Å². The molecule has 0 saturated heterocycles. The quantitative estimate of drug-likeness (QED) is 0.727. The summed E-state index contributed by atoms with van der Waals surface area (Å²) in [7, 11) is 0. The highest BCUT2D eigenvalue weighted by molar-refractivity contribution is 9.11. The molecule has 0 amide bonds. The summed E-state index contributed by atoms with van der Waals surface area (Å²) in [5.41, 5.74) is 0.636. The average molecular weight is 257 g/mol. The van der Waals surface area contributed by atoms with Gasteiger partial charge in [-0.25, -0.2) is 9.37 Å². The van der Waals surface area contributed by atoms with Gasteiger partial charge in [0.15, 0.2) is 9.73 Å². The number of thiazole rings is 1. The summed E-state index contributed by atoms with van der Waals surface area (Å²) in [5.74, 6) is -0.448. The minimum absolute atomic E-state index is 0.316. The molecule has 0 unspecified atom stereocenters. The van der Waals surface area contributed by atoms with Crippen molar-refractivity contribution in [1.29, 1.82) is 5.26 Å². The second-order valence-corrected chi connectivity index (χ2v) is 4.69. The molecule has 0 aliphatic carbocycles. The predicted molar refractivity (Wildman–Crippen MR) is 52.0 cm³/mol.